The summed E-state index contributed by atoms with van der Waals surface area (Å²) in [4.78, 5) is 10.9. The van der Waals surface area contributed by atoms with Crippen LogP contribution in [-0.4, -0.2) is 10.9 Å². The molecule has 0 aliphatic carbocycles. The van der Waals surface area contributed by atoms with Crippen molar-refractivity contribution in [3.05, 3.63) is 27.5 Å². The zero-order chi connectivity index (χ0) is 10.2. The summed E-state index contributed by atoms with van der Waals surface area (Å²) in [5.41, 5.74) is 0.544. The molecule has 0 bridgehead atoms. The highest BCUT2D eigenvalue weighted by Crippen LogP contribution is 2.32. The highest BCUT2D eigenvalue weighted by Gasteiger charge is 2.16. The molecule has 1 aromatic rings. The maximum atomic E-state index is 13.2. The molecule has 1 N–H and O–H groups in total. The van der Waals surface area contributed by atoms with Crippen molar-refractivity contribution < 1.29 is 14.3 Å². The molecule has 0 heterocycles. The van der Waals surface area contributed by atoms with Crippen molar-refractivity contribution in [2.24, 2.45) is 0 Å². The van der Waals surface area contributed by atoms with Gasteiger partial charge in [0.2, 0.25) is 0 Å². The number of Topliss-reactive ketones (excluding diaryl/α,β-unsaturated/α-hetero) is 1. The summed E-state index contributed by atoms with van der Waals surface area (Å²) in [7, 11) is 0. The number of hydrogen-bond donors (Lipinski definition) is 1. The van der Waals surface area contributed by atoms with E-state index >= 15 is 0 Å². The summed E-state index contributed by atoms with van der Waals surface area (Å²) >= 11 is 3.01. The Bertz CT molecular complexity index is 374. The van der Waals surface area contributed by atoms with Crippen molar-refractivity contribution in [3.63, 3.8) is 0 Å². The van der Waals surface area contributed by atoms with Gasteiger partial charge in [-0.1, -0.05) is 0 Å². The van der Waals surface area contributed by atoms with Crippen molar-refractivity contribution in [2.45, 2.75) is 13.8 Å². The summed E-state index contributed by atoms with van der Waals surface area (Å²) < 4.78 is 13.5. The van der Waals surface area contributed by atoms with Gasteiger partial charge in [0.25, 0.3) is 0 Å². The molecule has 4 heteroatoms. The minimum Gasteiger partial charge on any atom is -0.504 e. The molecule has 0 radical (unpaired) electrons. The number of phenols is 1. The number of carbonyl (C=O) groups is 1. The van der Waals surface area contributed by atoms with Crippen LogP contribution in [0, 0.1) is 12.7 Å². The lowest BCUT2D eigenvalue weighted by Gasteiger charge is -2.06. The molecule has 0 saturated carbocycles. The Morgan fingerprint density at radius 2 is 2.15 bits per heavy atom. The predicted molar refractivity (Wildman–Crippen MR) is 50.5 cm³/mol. The van der Waals surface area contributed by atoms with Crippen LogP contribution in [0.5, 0.6) is 5.75 Å². The van der Waals surface area contributed by atoms with Crippen LogP contribution in [-0.2, 0) is 0 Å². The van der Waals surface area contributed by atoms with E-state index < -0.39 is 17.3 Å². The Labute approximate surface area is 83.5 Å². The number of benzene rings is 1. The Balaban J connectivity index is 3.50. The first-order chi connectivity index (χ1) is 5.95. The molecule has 70 valence electrons. The fraction of sp³-hybridized carbons (Fsp3) is 0.222. The number of halogens is 2. The fourth-order valence-electron chi connectivity index (χ4n) is 1.01. The predicted octanol–water partition coefficient (Wildman–Crippen LogP) is 2.80. The molecule has 0 amide bonds. The molecule has 0 aliphatic heterocycles. The summed E-state index contributed by atoms with van der Waals surface area (Å²) in [6.45, 7) is 2.93. The molecule has 0 atom stereocenters. The maximum Gasteiger partial charge on any atom is 0.176 e. The molecule has 1 aromatic carbocycles. The topological polar surface area (TPSA) is 37.3 Å². The van der Waals surface area contributed by atoms with Crippen LogP contribution < -0.4 is 0 Å². The molecule has 13 heavy (non-hydrogen) atoms. The molecule has 1 rings (SSSR count). The summed E-state index contributed by atoms with van der Waals surface area (Å²) in [5.74, 6) is -1.78. The zero-order valence-corrected chi connectivity index (χ0v) is 8.77. The third-order valence-corrected chi connectivity index (χ3v) is 2.74. The van der Waals surface area contributed by atoms with Gasteiger partial charge in [-0.3, -0.25) is 4.79 Å². The normalized spacial score (nSPS) is 10.2. The van der Waals surface area contributed by atoms with Crippen molar-refractivity contribution >= 4 is 21.7 Å². The molecule has 2 nitrogen and oxygen atoms in total. The quantitative estimate of drug-likeness (QED) is 0.774. The molecule has 0 saturated heterocycles. The second-order valence-corrected chi connectivity index (χ2v) is 3.57. The van der Waals surface area contributed by atoms with E-state index in [-0.39, 0.29) is 10.0 Å². The number of aryl methyl sites for hydroxylation is 1. The monoisotopic (exact) mass is 246 g/mol. The Morgan fingerprint density at radius 1 is 1.62 bits per heavy atom. The number of ketones is 1. The van der Waals surface area contributed by atoms with E-state index in [2.05, 4.69) is 15.9 Å². The lowest BCUT2D eigenvalue weighted by Crippen LogP contribution is -1.99. The van der Waals surface area contributed by atoms with Gasteiger partial charge in [0.15, 0.2) is 17.3 Å². The summed E-state index contributed by atoms with van der Waals surface area (Å²) in [5, 5.41) is 9.24. The van der Waals surface area contributed by atoms with Crippen LogP contribution in [0.15, 0.2) is 10.5 Å². The molecule has 0 fully saturated rings. The number of phenolic OH excluding ortho intramolecular Hbond substituents is 1. The van der Waals surface area contributed by atoms with Gasteiger partial charge in [0, 0.05) is 0 Å². The Morgan fingerprint density at radius 3 is 2.62 bits per heavy atom. The summed E-state index contributed by atoms with van der Waals surface area (Å²) in [6, 6.07) is 1.40. The van der Waals surface area contributed by atoms with Crippen molar-refractivity contribution in [3.8, 4) is 5.75 Å². The average Bonchev–Trinajstić information content (AvgIpc) is 2.07. The molecular formula is C9H8BrFO2. The standard InChI is InChI=1S/C9H8BrFO2/c1-4-3-6(5(2)12)8(11)9(13)7(4)10/h3,13H,1-2H3. The summed E-state index contributed by atoms with van der Waals surface area (Å²) in [6.07, 6.45) is 0. The largest absolute Gasteiger partial charge is 0.504 e. The minimum atomic E-state index is -0.870. The number of rotatable bonds is 1. The first-order valence-electron chi connectivity index (χ1n) is 3.63. The second-order valence-electron chi connectivity index (χ2n) is 2.77. The van der Waals surface area contributed by atoms with Crippen LogP contribution in [0.3, 0.4) is 0 Å². The molecule has 0 aromatic heterocycles. The van der Waals surface area contributed by atoms with Gasteiger partial charge in [-0.05, 0) is 41.4 Å². The van der Waals surface area contributed by atoms with Crippen LogP contribution in [0.1, 0.15) is 22.8 Å². The van der Waals surface area contributed by atoms with Gasteiger partial charge in [0.05, 0.1) is 10.0 Å². The van der Waals surface area contributed by atoms with Crippen molar-refractivity contribution in [1.82, 2.24) is 0 Å². The van der Waals surface area contributed by atoms with Crippen molar-refractivity contribution in [2.75, 3.05) is 0 Å². The Kier molecular flexibility index (Phi) is 2.71. The van der Waals surface area contributed by atoms with Crippen LogP contribution in [0.25, 0.3) is 0 Å². The van der Waals surface area contributed by atoms with Crippen LogP contribution >= 0.6 is 15.9 Å². The third-order valence-electron chi connectivity index (χ3n) is 1.74. The van der Waals surface area contributed by atoms with Crippen molar-refractivity contribution in [1.29, 1.82) is 0 Å². The van der Waals surface area contributed by atoms with Gasteiger partial charge in [-0.15, -0.1) is 0 Å². The lowest BCUT2D eigenvalue weighted by molar-refractivity contribution is 0.101. The van der Waals surface area contributed by atoms with Crippen LogP contribution in [0.4, 0.5) is 4.39 Å². The zero-order valence-electron chi connectivity index (χ0n) is 7.19. The van der Waals surface area contributed by atoms with E-state index in [1.807, 2.05) is 0 Å². The van der Waals surface area contributed by atoms with E-state index in [0.29, 0.717) is 5.56 Å². The van der Waals surface area contributed by atoms with Gasteiger partial charge in [-0.2, -0.15) is 0 Å². The minimum absolute atomic E-state index is 0.0850. The third kappa shape index (κ3) is 1.72. The van der Waals surface area contributed by atoms with Gasteiger partial charge in [0.1, 0.15) is 0 Å². The van der Waals surface area contributed by atoms with E-state index in [9.17, 15) is 14.3 Å². The molecular weight excluding hydrogens is 239 g/mol. The molecule has 0 spiro atoms. The lowest BCUT2D eigenvalue weighted by atomic mass is 10.1. The average molecular weight is 247 g/mol. The maximum absolute atomic E-state index is 13.2. The highest BCUT2D eigenvalue weighted by molar-refractivity contribution is 9.10. The number of hydrogen-bond acceptors (Lipinski definition) is 2. The van der Waals surface area contributed by atoms with Gasteiger partial charge < -0.3 is 5.11 Å². The fourth-order valence-corrected chi connectivity index (χ4v) is 1.30. The smallest absolute Gasteiger partial charge is 0.176 e. The first-order valence-corrected chi connectivity index (χ1v) is 4.43. The van der Waals surface area contributed by atoms with E-state index in [0.717, 1.165) is 0 Å². The first kappa shape index (κ1) is 10.2. The molecule has 0 aliphatic rings. The number of aromatic hydroxyl groups is 1. The van der Waals surface area contributed by atoms with Crippen LogP contribution in [0.2, 0.25) is 0 Å². The van der Waals surface area contributed by atoms with E-state index in [1.54, 1.807) is 6.92 Å². The van der Waals surface area contributed by atoms with Gasteiger partial charge >= 0.3 is 0 Å². The van der Waals surface area contributed by atoms with Gasteiger partial charge in [-0.25, -0.2) is 4.39 Å². The van der Waals surface area contributed by atoms with E-state index in [4.69, 9.17) is 0 Å². The second kappa shape index (κ2) is 3.46. The molecule has 0 unspecified atom stereocenters. The number of carbonyl (C=O) groups excluding carboxylic acids is 1. The Hall–Kier alpha value is -0.900. The van der Waals surface area contributed by atoms with E-state index in [1.165, 1.54) is 13.0 Å². The SMILES string of the molecule is CC(=O)c1cc(C)c(Br)c(O)c1F. The highest BCUT2D eigenvalue weighted by atomic mass is 79.9.